The number of ether oxygens (including phenoxy) is 2. The molecule has 3 rings (SSSR count). The number of rotatable bonds is 8. The lowest BCUT2D eigenvalue weighted by Crippen LogP contribution is -2.37. The summed E-state index contributed by atoms with van der Waals surface area (Å²) in [4.78, 5) is 0. The average molecular weight is 372 g/mol. The number of H-pyrrole nitrogens is 1. The van der Waals surface area contributed by atoms with E-state index in [-0.39, 0.29) is 30.0 Å². The van der Waals surface area contributed by atoms with Gasteiger partial charge < -0.3 is 14.6 Å². The molecule has 0 bridgehead atoms. The summed E-state index contributed by atoms with van der Waals surface area (Å²) in [5.74, 6) is 1.46. The third-order valence-electron chi connectivity index (χ3n) is 4.74. The van der Waals surface area contributed by atoms with Gasteiger partial charge in [-0.2, -0.15) is 5.21 Å². The van der Waals surface area contributed by atoms with Gasteiger partial charge in [-0.05, 0) is 25.3 Å². The van der Waals surface area contributed by atoms with Gasteiger partial charge in [-0.1, -0.05) is 49.4 Å². The van der Waals surface area contributed by atoms with Gasteiger partial charge in [-0.25, -0.2) is 0 Å². The number of aromatic hydroxyl groups is 1. The van der Waals surface area contributed by atoms with E-state index < -0.39 is 0 Å². The van der Waals surface area contributed by atoms with Crippen molar-refractivity contribution in [1.29, 1.82) is 0 Å². The van der Waals surface area contributed by atoms with Crippen molar-refractivity contribution in [1.82, 2.24) is 20.6 Å². The lowest BCUT2D eigenvalue weighted by Gasteiger charge is -2.38. The Morgan fingerprint density at radius 2 is 2.15 bits per heavy atom. The Morgan fingerprint density at radius 3 is 2.89 bits per heavy atom. The molecule has 0 spiro atoms. The molecule has 7 heteroatoms. The van der Waals surface area contributed by atoms with E-state index in [0.717, 1.165) is 37.1 Å². The van der Waals surface area contributed by atoms with Crippen LogP contribution in [-0.4, -0.2) is 38.6 Å². The van der Waals surface area contributed by atoms with E-state index in [9.17, 15) is 5.11 Å². The smallest absolute Gasteiger partial charge is 0.174 e. The maximum atomic E-state index is 10.3. The number of phenolic OH excluding ortho intramolecular Hbond substituents is 1. The Morgan fingerprint density at radius 1 is 1.30 bits per heavy atom. The van der Waals surface area contributed by atoms with Gasteiger partial charge >= 0.3 is 0 Å². The predicted octanol–water partition coefficient (Wildman–Crippen LogP) is 3.56. The fourth-order valence-corrected chi connectivity index (χ4v) is 3.25. The number of nitrogens with zero attached hydrogens (tertiary/aromatic N) is 3. The molecular formula is C20H28N4O3. The van der Waals surface area contributed by atoms with Gasteiger partial charge in [0.15, 0.2) is 12.1 Å². The first kappa shape index (κ1) is 19.5. The number of hydrogen-bond donors (Lipinski definition) is 2. The van der Waals surface area contributed by atoms with Crippen LogP contribution in [0, 0.1) is 11.8 Å². The van der Waals surface area contributed by atoms with Crippen LogP contribution >= 0.6 is 0 Å². The molecule has 2 aromatic rings. The standard InChI is InChI=1S/C20H28N4O3/c1-14(2)20-26-13-15(19(27-20)16-10-7-8-11-17(16)25)9-5-3-4-6-12-18-21-23-24-22-18/h3,5,7-8,10-11,14-15,19-20,25H,4,6,9,12-13H2,1-2H3,(H,21,22,23,24)/b5-3-. The number of aryl methyl sites for hydroxylation is 1. The average Bonchev–Trinajstić information content (AvgIpc) is 3.18. The highest BCUT2D eigenvalue weighted by Crippen LogP contribution is 2.39. The quantitative estimate of drug-likeness (QED) is 0.544. The fourth-order valence-electron chi connectivity index (χ4n) is 3.25. The minimum atomic E-state index is -0.246. The van der Waals surface area contributed by atoms with Crippen molar-refractivity contribution in [2.45, 2.75) is 51.9 Å². The molecule has 3 atom stereocenters. The summed E-state index contributed by atoms with van der Waals surface area (Å²) in [5.41, 5.74) is 0.835. The number of para-hydroxylation sites is 1. The molecule has 1 aliphatic rings. The number of hydrogen-bond acceptors (Lipinski definition) is 6. The van der Waals surface area contributed by atoms with Crippen LogP contribution in [0.4, 0.5) is 0 Å². The summed E-state index contributed by atoms with van der Waals surface area (Å²) in [6.45, 7) is 4.78. The van der Waals surface area contributed by atoms with Crippen LogP contribution in [0.2, 0.25) is 0 Å². The number of aromatic nitrogens is 4. The lowest BCUT2D eigenvalue weighted by atomic mass is 9.91. The zero-order chi connectivity index (χ0) is 19.1. The maximum absolute atomic E-state index is 10.3. The predicted molar refractivity (Wildman–Crippen MR) is 101 cm³/mol. The molecule has 2 heterocycles. The zero-order valence-corrected chi connectivity index (χ0v) is 15.9. The van der Waals surface area contributed by atoms with Crippen molar-refractivity contribution in [2.75, 3.05) is 6.61 Å². The van der Waals surface area contributed by atoms with Crippen molar-refractivity contribution >= 4 is 0 Å². The third-order valence-corrected chi connectivity index (χ3v) is 4.74. The van der Waals surface area contributed by atoms with Crippen LogP contribution in [0.5, 0.6) is 5.75 Å². The van der Waals surface area contributed by atoms with Gasteiger partial charge in [-0.3, -0.25) is 0 Å². The molecule has 2 N–H and O–H groups in total. The van der Waals surface area contributed by atoms with Crippen LogP contribution in [0.25, 0.3) is 0 Å². The molecule has 1 aromatic carbocycles. The van der Waals surface area contributed by atoms with Crippen molar-refractivity contribution in [2.24, 2.45) is 11.8 Å². The number of phenols is 1. The monoisotopic (exact) mass is 372 g/mol. The van der Waals surface area contributed by atoms with E-state index in [1.165, 1.54) is 0 Å². The molecular weight excluding hydrogens is 344 g/mol. The Balaban J connectivity index is 1.56. The van der Waals surface area contributed by atoms with E-state index in [4.69, 9.17) is 9.47 Å². The topological polar surface area (TPSA) is 93.2 Å². The van der Waals surface area contributed by atoms with Crippen molar-refractivity contribution in [3.8, 4) is 5.75 Å². The molecule has 1 fully saturated rings. The van der Waals surface area contributed by atoms with Gasteiger partial charge in [-0.15, -0.1) is 10.2 Å². The number of unbranched alkanes of at least 4 members (excludes halogenated alkanes) is 1. The van der Waals surface area contributed by atoms with E-state index in [0.29, 0.717) is 6.61 Å². The third kappa shape index (κ3) is 5.37. The Kier molecular flexibility index (Phi) is 6.95. The van der Waals surface area contributed by atoms with Gasteiger partial charge in [0.05, 0.1) is 12.7 Å². The number of tetrazole rings is 1. The van der Waals surface area contributed by atoms with Crippen molar-refractivity contribution in [3.63, 3.8) is 0 Å². The second kappa shape index (κ2) is 9.62. The normalized spacial score (nSPS) is 23.3. The molecule has 0 amide bonds. The summed E-state index contributed by atoms with van der Waals surface area (Å²) < 4.78 is 12.1. The molecule has 146 valence electrons. The Bertz CT molecular complexity index is 718. The minimum Gasteiger partial charge on any atom is -0.508 e. The first-order chi connectivity index (χ1) is 13.1. The fraction of sp³-hybridized carbons (Fsp3) is 0.550. The second-order valence-electron chi connectivity index (χ2n) is 7.25. The second-order valence-corrected chi connectivity index (χ2v) is 7.25. The van der Waals surface area contributed by atoms with E-state index in [1.54, 1.807) is 6.07 Å². The van der Waals surface area contributed by atoms with Gasteiger partial charge in [0, 0.05) is 23.8 Å². The summed E-state index contributed by atoms with van der Waals surface area (Å²) >= 11 is 0. The molecule has 0 saturated carbocycles. The molecule has 27 heavy (non-hydrogen) atoms. The highest BCUT2D eigenvalue weighted by molar-refractivity contribution is 5.34. The van der Waals surface area contributed by atoms with Crippen LogP contribution < -0.4 is 0 Å². The summed E-state index contributed by atoms with van der Waals surface area (Å²) in [6, 6.07) is 7.41. The van der Waals surface area contributed by atoms with Gasteiger partial charge in [0.2, 0.25) is 0 Å². The Labute approximate surface area is 159 Å². The maximum Gasteiger partial charge on any atom is 0.174 e. The molecule has 7 nitrogen and oxygen atoms in total. The molecule has 1 aromatic heterocycles. The molecule has 0 aliphatic carbocycles. The van der Waals surface area contributed by atoms with E-state index >= 15 is 0 Å². The molecule has 1 aliphatic heterocycles. The van der Waals surface area contributed by atoms with Gasteiger partial charge in [0.1, 0.15) is 5.75 Å². The highest BCUT2D eigenvalue weighted by Gasteiger charge is 2.34. The van der Waals surface area contributed by atoms with E-state index in [2.05, 4.69) is 46.6 Å². The number of nitrogens with one attached hydrogen (secondary N) is 1. The van der Waals surface area contributed by atoms with E-state index in [1.807, 2.05) is 18.2 Å². The summed E-state index contributed by atoms with van der Waals surface area (Å²) in [7, 11) is 0. The highest BCUT2D eigenvalue weighted by atomic mass is 16.7. The SMILES string of the molecule is CC(C)C1OCC(C/C=C\CCCc2nn[nH]n2)C(c2ccccc2O)O1. The number of benzene rings is 1. The van der Waals surface area contributed by atoms with Gasteiger partial charge in [0.25, 0.3) is 0 Å². The van der Waals surface area contributed by atoms with Crippen LogP contribution in [-0.2, 0) is 15.9 Å². The first-order valence-electron chi connectivity index (χ1n) is 9.57. The van der Waals surface area contributed by atoms with Crippen LogP contribution in [0.1, 0.15) is 50.6 Å². The number of allylic oxidation sites excluding steroid dienone is 2. The largest absolute Gasteiger partial charge is 0.508 e. The Hall–Kier alpha value is -2.25. The van der Waals surface area contributed by atoms with Crippen LogP contribution in [0.15, 0.2) is 36.4 Å². The van der Waals surface area contributed by atoms with Crippen molar-refractivity contribution in [3.05, 3.63) is 47.8 Å². The summed E-state index contributed by atoms with van der Waals surface area (Å²) in [5, 5.41) is 24.2. The first-order valence-corrected chi connectivity index (χ1v) is 9.57. The molecule has 3 unspecified atom stereocenters. The summed E-state index contributed by atoms with van der Waals surface area (Å²) in [6.07, 6.45) is 7.53. The van der Waals surface area contributed by atoms with Crippen molar-refractivity contribution < 1.29 is 14.6 Å². The zero-order valence-electron chi connectivity index (χ0n) is 15.9. The minimum absolute atomic E-state index is 0.168. The molecule has 1 saturated heterocycles. The number of aromatic amines is 1. The molecule has 0 radical (unpaired) electrons. The van der Waals surface area contributed by atoms with Crippen LogP contribution in [0.3, 0.4) is 0 Å². The lowest BCUT2D eigenvalue weighted by molar-refractivity contribution is -0.255.